The summed E-state index contributed by atoms with van der Waals surface area (Å²) in [6.07, 6.45) is 0. The Kier molecular flexibility index (Phi) is 2.44. The summed E-state index contributed by atoms with van der Waals surface area (Å²) in [6, 6.07) is 15.0. The van der Waals surface area contributed by atoms with Gasteiger partial charge in [-0.25, -0.2) is 0 Å². The number of hydrogen-bond donors (Lipinski definition) is 1. The van der Waals surface area contributed by atoms with Crippen LogP contribution in [0.25, 0.3) is 32.2 Å². The molecule has 0 unspecified atom stereocenters. The lowest BCUT2D eigenvalue weighted by Gasteiger charge is -1.99. The van der Waals surface area contributed by atoms with Crippen LogP contribution in [0.3, 0.4) is 0 Å². The number of benzene rings is 2. The summed E-state index contributed by atoms with van der Waals surface area (Å²) in [4.78, 5) is 3.47. The number of nitrogens with zero attached hydrogens (tertiary/aromatic N) is 1. The van der Waals surface area contributed by atoms with Crippen molar-refractivity contribution in [1.29, 1.82) is 0 Å². The van der Waals surface area contributed by atoms with Crippen molar-refractivity contribution < 1.29 is 0 Å². The molecule has 0 fully saturated rings. The molecule has 4 rings (SSSR count). The molecule has 0 aliphatic heterocycles. The van der Waals surface area contributed by atoms with E-state index < -0.39 is 0 Å². The third-order valence-corrected chi connectivity index (χ3v) is 4.58. The number of aromatic nitrogens is 2. The second kappa shape index (κ2) is 4.18. The minimum absolute atomic E-state index is 1.10. The third kappa shape index (κ3) is 1.60. The second-order valence-electron chi connectivity index (χ2n) is 5.20. The average molecular weight is 278 g/mol. The van der Waals surface area contributed by atoms with Crippen LogP contribution in [0.15, 0.2) is 42.5 Å². The van der Waals surface area contributed by atoms with Crippen molar-refractivity contribution in [2.24, 2.45) is 0 Å². The van der Waals surface area contributed by atoms with Gasteiger partial charge in [0.2, 0.25) is 0 Å². The Balaban J connectivity index is 2.11. The SMILES string of the molecule is Cc1ccc2[nH]c(C)c(-c3nsc4ccccc34)c2c1. The van der Waals surface area contributed by atoms with Gasteiger partial charge < -0.3 is 4.98 Å². The summed E-state index contributed by atoms with van der Waals surface area (Å²) in [5.41, 5.74) is 5.97. The van der Waals surface area contributed by atoms with Gasteiger partial charge >= 0.3 is 0 Å². The van der Waals surface area contributed by atoms with E-state index in [2.05, 4.69) is 61.3 Å². The van der Waals surface area contributed by atoms with Gasteiger partial charge in [0.1, 0.15) is 0 Å². The molecule has 0 aliphatic carbocycles. The van der Waals surface area contributed by atoms with E-state index in [1.54, 1.807) is 11.5 Å². The number of aryl methyl sites for hydroxylation is 2. The van der Waals surface area contributed by atoms with Crippen LogP contribution >= 0.6 is 11.5 Å². The molecule has 3 heteroatoms. The average Bonchev–Trinajstić information content (AvgIpc) is 2.99. The molecule has 4 aromatic rings. The molecule has 2 heterocycles. The van der Waals surface area contributed by atoms with Crippen LogP contribution in [-0.2, 0) is 0 Å². The van der Waals surface area contributed by atoms with Crippen molar-refractivity contribution in [2.75, 3.05) is 0 Å². The summed E-state index contributed by atoms with van der Waals surface area (Å²) in [7, 11) is 0. The quantitative estimate of drug-likeness (QED) is 0.518. The van der Waals surface area contributed by atoms with E-state index in [0.717, 1.165) is 5.69 Å². The first-order chi connectivity index (χ1) is 9.74. The molecule has 0 saturated carbocycles. The molecule has 2 nitrogen and oxygen atoms in total. The topological polar surface area (TPSA) is 28.7 Å². The van der Waals surface area contributed by atoms with Gasteiger partial charge in [-0.3, -0.25) is 0 Å². The minimum Gasteiger partial charge on any atom is -0.358 e. The van der Waals surface area contributed by atoms with E-state index in [1.165, 1.54) is 37.8 Å². The van der Waals surface area contributed by atoms with E-state index in [9.17, 15) is 0 Å². The largest absolute Gasteiger partial charge is 0.358 e. The molecule has 1 N–H and O–H groups in total. The fraction of sp³-hybridized carbons (Fsp3) is 0.118. The van der Waals surface area contributed by atoms with Crippen molar-refractivity contribution in [3.63, 3.8) is 0 Å². The normalized spacial score (nSPS) is 11.5. The summed E-state index contributed by atoms with van der Waals surface area (Å²) >= 11 is 1.57. The van der Waals surface area contributed by atoms with Crippen molar-refractivity contribution in [1.82, 2.24) is 9.36 Å². The van der Waals surface area contributed by atoms with Gasteiger partial charge in [-0.1, -0.05) is 29.8 Å². The highest BCUT2D eigenvalue weighted by Gasteiger charge is 2.15. The van der Waals surface area contributed by atoms with Crippen LogP contribution in [0.4, 0.5) is 0 Å². The molecular formula is C17H14N2S. The lowest BCUT2D eigenvalue weighted by atomic mass is 10.0. The molecule has 2 aromatic carbocycles. The number of aromatic amines is 1. The molecule has 0 amide bonds. The Morgan fingerprint density at radius 1 is 1.00 bits per heavy atom. The maximum atomic E-state index is 4.70. The van der Waals surface area contributed by atoms with Crippen LogP contribution in [0.2, 0.25) is 0 Å². The molecule has 98 valence electrons. The van der Waals surface area contributed by atoms with Gasteiger partial charge in [0, 0.05) is 27.5 Å². The first-order valence-electron chi connectivity index (χ1n) is 6.68. The number of fused-ring (bicyclic) bond motifs is 2. The Hall–Kier alpha value is -2.13. The highest BCUT2D eigenvalue weighted by Crippen LogP contribution is 2.37. The third-order valence-electron chi connectivity index (χ3n) is 3.76. The fourth-order valence-electron chi connectivity index (χ4n) is 2.81. The second-order valence-corrected chi connectivity index (χ2v) is 6.01. The van der Waals surface area contributed by atoms with E-state index in [1.807, 2.05) is 0 Å². The molecule has 0 bridgehead atoms. The minimum atomic E-state index is 1.10. The van der Waals surface area contributed by atoms with Gasteiger partial charge in [0.15, 0.2) is 0 Å². The Bertz CT molecular complexity index is 931. The summed E-state index contributed by atoms with van der Waals surface area (Å²) in [5, 5.41) is 2.50. The molecule has 2 aromatic heterocycles. The first-order valence-corrected chi connectivity index (χ1v) is 7.45. The van der Waals surface area contributed by atoms with Crippen molar-refractivity contribution in [3.05, 3.63) is 53.7 Å². The van der Waals surface area contributed by atoms with E-state index in [4.69, 9.17) is 4.37 Å². The number of hydrogen-bond acceptors (Lipinski definition) is 2. The molecule has 0 atom stereocenters. The lowest BCUT2D eigenvalue weighted by Crippen LogP contribution is -1.80. The lowest BCUT2D eigenvalue weighted by molar-refractivity contribution is 1.29. The van der Waals surface area contributed by atoms with Gasteiger partial charge in [-0.2, -0.15) is 4.37 Å². The maximum Gasteiger partial charge on any atom is 0.0943 e. The van der Waals surface area contributed by atoms with Gasteiger partial charge in [-0.15, -0.1) is 0 Å². The zero-order valence-corrected chi connectivity index (χ0v) is 12.2. The Morgan fingerprint density at radius 2 is 1.85 bits per heavy atom. The van der Waals surface area contributed by atoms with Crippen molar-refractivity contribution in [3.8, 4) is 11.3 Å². The summed E-state index contributed by atoms with van der Waals surface area (Å²) in [6.45, 7) is 4.25. The maximum absolute atomic E-state index is 4.70. The molecule has 0 saturated heterocycles. The highest BCUT2D eigenvalue weighted by atomic mass is 32.1. The molecule has 0 aliphatic rings. The zero-order chi connectivity index (χ0) is 13.7. The van der Waals surface area contributed by atoms with Gasteiger partial charge in [0.25, 0.3) is 0 Å². The van der Waals surface area contributed by atoms with Crippen LogP contribution in [-0.4, -0.2) is 9.36 Å². The predicted molar refractivity (Wildman–Crippen MR) is 86.4 cm³/mol. The van der Waals surface area contributed by atoms with Crippen LogP contribution in [0.1, 0.15) is 11.3 Å². The van der Waals surface area contributed by atoms with Crippen molar-refractivity contribution in [2.45, 2.75) is 13.8 Å². The van der Waals surface area contributed by atoms with E-state index in [-0.39, 0.29) is 0 Å². The Morgan fingerprint density at radius 3 is 2.75 bits per heavy atom. The van der Waals surface area contributed by atoms with Crippen LogP contribution < -0.4 is 0 Å². The zero-order valence-electron chi connectivity index (χ0n) is 11.4. The summed E-state index contributed by atoms with van der Waals surface area (Å²) in [5.74, 6) is 0. The first kappa shape index (κ1) is 11.7. The predicted octanol–water partition coefficient (Wildman–Crippen LogP) is 5.06. The smallest absolute Gasteiger partial charge is 0.0943 e. The van der Waals surface area contributed by atoms with E-state index >= 15 is 0 Å². The molecule has 20 heavy (non-hydrogen) atoms. The molecule has 0 radical (unpaired) electrons. The van der Waals surface area contributed by atoms with Crippen LogP contribution in [0.5, 0.6) is 0 Å². The van der Waals surface area contributed by atoms with Gasteiger partial charge in [-0.05, 0) is 43.6 Å². The highest BCUT2D eigenvalue weighted by molar-refractivity contribution is 7.13. The molecular weight excluding hydrogens is 264 g/mol. The number of H-pyrrole nitrogens is 1. The van der Waals surface area contributed by atoms with Crippen molar-refractivity contribution >= 4 is 32.5 Å². The standard InChI is InChI=1S/C17H14N2S/c1-10-7-8-14-13(9-10)16(11(2)18-14)17-12-5-3-4-6-15(12)20-19-17/h3-9,18H,1-2H3. The fourth-order valence-corrected chi connectivity index (χ4v) is 3.59. The van der Waals surface area contributed by atoms with Crippen LogP contribution in [0, 0.1) is 13.8 Å². The summed E-state index contributed by atoms with van der Waals surface area (Å²) < 4.78 is 5.94. The molecule has 0 spiro atoms. The van der Waals surface area contributed by atoms with Gasteiger partial charge in [0.05, 0.1) is 10.4 Å². The number of nitrogens with one attached hydrogen (secondary N) is 1. The Labute approximate surface area is 121 Å². The number of rotatable bonds is 1. The van der Waals surface area contributed by atoms with E-state index in [0.29, 0.717) is 0 Å². The monoisotopic (exact) mass is 278 g/mol.